The number of pyridine rings is 1. The molecule has 0 radical (unpaired) electrons. The minimum atomic E-state index is -4.47. The van der Waals surface area contributed by atoms with Crippen LogP contribution in [0.3, 0.4) is 0 Å². The molecular formula is C13H8F3N5. The van der Waals surface area contributed by atoms with E-state index in [4.69, 9.17) is 0 Å². The maximum Gasteiger partial charge on any atom is 0.433 e. The lowest BCUT2D eigenvalue weighted by molar-refractivity contribution is -0.141. The van der Waals surface area contributed by atoms with Crippen molar-refractivity contribution in [2.45, 2.75) is 6.18 Å². The third-order valence-corrected chi connectivity index (χ3v) is 2.73. The third kappa shape index (κ3) is 2.73. The Morgan fingerprint density at radius 3 is 2.48 bits per heavy atom. The Morgan fingerprint density at radius 1 is 1.00 bits per heavy atom. The van der Waals surface area contributed by atoms with Gasteiger partial charge in [0.2, 0.25) is 0 Å². The lowest BCUT2D eigenvalue weighted by Gasteiger charge is -2.06. The first-order chi connectivity index (χ1) is 10.0. The molecule has 3 aromatic heterocycles. The fourth-order valence-corrected chi connectivity index (χ4v) is 1.76. The predicted octanol–water partition coefficient (Wildman–Crippen LogP) is 2.74. The Kier molecular flexibility index (Phi) is 3.13. The zero-order valence-corrected chi connectivity index (χ0v) is 10.5. The van der Waals surface area contributed by atoms with Gasteiger partial charge in [0, 0.05) is 11.8 Å². The molecule has 0 spiro atoms. The SMILES string of the molecule is FC(F)(F)c1cccc(-c2cnn(-c3cncnc3)c2)n1. The van der Waals surface area contributed by atoms with Gasteiger partial charge in [-0.3, -0.25) is 0 Å². The van der Waals surface area contributed by atoms with Crippen molar-refractivity contribution in [3.05, 3.63) is 55.0 Å². The molecule has 0 saturated heterocycles. The van der Waals surface area contributed by atoms with Gasteiger partial charge < -0.3 is 0 Å². The Bertz CT molecular complexity index is 752. The summed E-state index contributed by atoms with van der Waals surface area (Å²) in [6.45, 7) is 0. The summed E-state index contributed by atoms with van der Waals surface area (Å²) in [5.41, 5.74) is 0.351. The Morgan fingerprint density at radius 2 is 1.76 bits per heavy atom. The average Bonchev–Trinajstić information content (AvgIpc) is 2.97. The van der Waals surface area contributed by atoms with Crippen LogP contribution in [0.5, 0.6) is 0 Å². The zero-order valence-electron chi connectivity index (χ0n) is 10.5. The number of rotatable bonds is 2. The molecule has 21 heavy (non-hydrogen) atoms. The van der Waals surface area contributed by atoms with Crippen LogP contribution in [0, 0.1) is 0 Å². The van der Waals surface area contributed by atoms with Crippen molar-refractivity contribution >= 4 is 0 Å². The third-order valence-electron chi connectivity index (χ3n) is 2.73. The summed E-state index contributed by atoms with van der Waals surface area (Å²) in [7, 11) is 0. The van der Waals surface area contributed by atoms with Crippen molar-refractivity contribution in [3.8, 4) is 16.9 Å². The number of halogens is 3. The summed E-state index contributed by atoms with van der Waals surface area (Å²) in [5.74, 6) is 0. The van der Waals surface area contributed by atoms with Crippen LogP contribution >= 0.6 is 0 Å². The normalized spacial score (nSPS) is 11.6. The van der Waals surface area contributed by atoms with E-state index in [-0.39, 0.29) is 5.69 Å². The molecular weight excluding hydrogens is 283 g/mol. The van der Waals surface area contributed by atoms with Crippen molar-refractivity contribution < 1.29 is 13.2 Å². The second-order valence-corrected chi connectivity index (χ2v) is 4.18. The second kappa shape index (κ2) is 4.97. The molecule has 3 aromatic rings. The number of nitrogens with zero attached hydrogens (tertiary/aromatic N) is 5. The summed E-state index contributed by atoms with van der Waals surface area (Å²) in [6.07, 6.45) is 3.00. The van der Waals surface area contributed by atoms with Crippen LogP contribution in [0.25, 0.3) is 16.9 Å². The summed E-state index contributed by atoms with van der Waals surface area (Å²) < 4.78 is 39.4. The maximum absolute atomic E-state index is 12.7. The summed E-state index contributed by atoms with van der Waals surface area (Å²) in [5, 5.41) is 4.07. The molecule has 0 aliphatic carbocycles. The molecule has 106 valence electrons. The molecule has 3 rings (SSSR count). The van der Waals surface area contributed by atoms with Crippen molar-refractivity contribution in [2.75, 3.05) is 0 Å². The molecule has 0 saturated carbocycles. The van der Waals surface area contributed by atoms with Gasteiger partial charge in [-0.15, -0.1) is 0 Å². The molecule has 5 nitrogen and oxygen atoms in total. The summed E-state index contributed by atoms with van der Waals surface area (Å²) in [6, 6.07) is 3.74. The minimum absolute atomic E-state index is 0.202. The van der Waals surface area contributed by atoms with E-state index >= 15 is 0 Å². The first kappa shape index (κ1) is 13.2. The molecule has 0 aromatic carbocycles. The van der Waals surface area contributed by atoms with E-state index in [0.717, 1.165) is 6.07 Å². The van der Waals surface area contributed by atoms with Crippen LogP contribution in [-0.2, 0) is 6.18 Å². The van der Waals surface area contributed by atoms with Gasteiger partial charge in [-0.05, 0) is 12.1 Å². The van der Waals surface area contributed by atoms with E-state index in [2.05, 4.69) is 20.1 Å². The largest absolute Gasteiger partial charge is 0.433 e. The highest BCUT2D eigenvalue weighted by atomic mass is 19.4. The van der Waals surface area contributed by atoms with Crippen LogP contribution in [0.15, 0.2) is 49.3 Å². The fraction of sp³-hybridized carbons (Fsp3) is 0.0769. The number of hydrogen-bond donors (Lipinski definition) is 0. The van der Waals surface area contributed by atoms with E-state index < -0.39 is 11.9 Å². The lowest BCUT2D eigenvalue weighted by atomic mass is 10.2. The van der Waals surface area contributed by atoms with Crippen LogP contribution in [0.4, 0.5) is 13.2 Å². The molecule has 0 N–H and O–H groups in total. The fourth-order valence-electron chi connectivity index (χ4n) is 1.76. The smallest absolute Gasteiger partial charge is 0.243 e. The molecule has 0 unspecified atom stereocenters. The van der Waals surface area contributed by atoms with Crippen LogP contribution < -0.4 is 0 Å². The van der Waals surface area contributed by atoms with Crippen molar-refractivity contribution in [1.82, 2.24) is 24.7 Å². The molecule has 8 heteroatoms. The van der Waals surface area contributed by atoms with Gasteiger partial charge in [0.15, 0.2) is 0 Å². The first-order valence-corrected chi connectivity index (χ1v) is 5.89. The summed E-state index contributed by atoms with van der Waals surface area (Å²) in [4.78, 5) is 11.3. The number of hydrogen-bond acceptors (Lipinski definition) is 4. The van der Waals surface area contributed by atoms with Gasteiger partial charge >= 0.3 is 6.18 Å². The second-order valence-electron chi connectivity index (χ2n) is 4.18. The number of aromatic nitrogens is 5. The Balaban J connectivity index is 1.97. The highest BCUT2D eigenvalue weighted by Crippen LogP contribution is 2.29. The summed E-state index contributed by atoms with van der Waals surface area (Å²) >= 11 is 0. The van der Waals surface area contributed by atoms with Gasteiger partial charge in [0.25, 0.3) is 0 Å². The van der Waals surface area contributed by atoms with Gasteiger partial charge in [0.1, 0.15) is 17.7 Å². The van der Waals surface area contributed by atoms with Crippen LogP contribution in [0.1, 0.15) is 5.69 Å². The van der Waals surface area contributed by atoms with Crippen molar-refractivity contribution in [3.63, 3.8) is 0 Å². The predicted molar refractivity (Wildman–Crippen MR) is 67.4 cm³/mol. The van der Waals surface area contributed by atoms with Gasteiger partial charge in [-0.2, -0.15) is 18.3 Å². The minimum Gasteiger partial charge on any atom is -0.243 e. The lowest BCUT2D eigenvalue weighted by Crippen LogP contribution is -2.07. The molecule has 0 aliphatic heterocycles. The maximum atomic E-state index is 12.7. The van der Waals surface area contributed by atoms with E-state index in [9.17, 15) is 13.2 Å². The van der Waals surface area contributed by atoms with E-state index in [1.54, 1.807) is 18.6 Å². The zero-order chi connectivity index (χ0) is 14.9. The van der Waals surface area contributed by atoms with Crippen molar-refractivity contribution in [1.29, 1.82) is 0 Å². The van der Waals surface area contributed by atoms with Gasteiger partial charge in [-0.1, -0.05) is 6.07 Å². The van der Waals surface area contributed by atoms with Crippen molar-refractivity contribution in [2.24, 2.45) is 0 Å². The topological polar surface area (TPSA) is 56.5 Å². The highest BCUT2D eigenvalue weighted by Gasteiger charge is 2.32. The monoisotopic (exact) mass is 291 g/mol. The Labute approximate surface area is 117 Å². The van der Waals surface area contributed by atoms with E-state index in [1.165, 1.54) is 29.3 Å². The molecule has 0 atom stereocenters. The Hall–Kier alpha value is -2.77. The molecule has 3 heterocycles. The van der Waals surface area contributed by atoms with Crippen LogP contribution in [-0.4, -0.2) is 24.7 Å². The molecule has 0 aliphatic rings. The number of alkyl halides is 3. The highest BCUT2D eigenvalue weighted by molar-refractivity contribution is 5.57. The average molecular weight is 291 g/mol. The standard InChI is InChI=1S/C13H8F3N5/c14-13(15,16)12-3-1-2-11(20-12)9-4-19-21(7-9)10-5-17-8-18-6-10/h1-8H. The van der Waals surface area contributed by atoms with Gasteiger partial charge in [-0.25, -0.2) is 19.6 Å². The van der Waals surface area contributed by atoms with Crippen LogP contribution in [0.2, 0.25) is 0 Å². The quantitative estimate of drug-likeness (QED) is 0.728. The molecule has 0 bridgehead atoms. The molecule has 0 fully saturated rings. The van der Waals surface area contributed by atoms with E-state index in [0.29, 0.717) is 11.3 Å². The first-order valence-electron chi connectivity index (χ1n) is 5.89. The van der Waals surface area contributed by atoms with Gasteiger partial charge in [0.05, 0.1) is 24.3 Å². The van der Waals surface area contributed by atoms with E-state index in [1.807, 2.05) is 0 Å². The molecule has 0 amide bonds.